The van der Waals surface area contributed by atoms with E-state index in [2.05, 4.69) is 39.0 Å². The first-order valence-corrected chi connectivity index (χ1v) is 9.56. The van der Waals surface area contributed by atoms with Crippen LogP contribution in [0.25, 0.3) is 0 Å². The number of hydrogen-bond acceptors (Lipinski definition) is 5. The minimum atomic E-state index is -0.419. The van der Waals surface area contributed by atoms with Crippen molar-refractivity contribution >= 4 is 22.7 Å². The maximum Gasteiger partial charge on any atom is 0.0863 e. The molecule has 4 heterocycles. The molecule has 3 aromatic rings. The van der Waals surface area contributed by atoms with Crippen LogP contribution in [0.2, 0.25) is 0 Å². The van der Waals surface area contributed by atoms with Crippen molar-refractivity contribution in [2.45, 2.75) is 25.1 Å². The van der Waals surface area contributed by atoms with Gasteiger partial charge < -0.3 is 5.11 Å². The highest BCUT2D eigenvalue weighted by Gasteiger charge is 2.31. The first-order chi connectivity index (χ1) is 11.3. The third-order valence-corrected chi connectivity index (χ3v) is 6.20. The molecule has 2 atom stereocenters. The Morgan fingerprint density at radius 1 is 1.22 bits per heavy atom. The van der Waals surface area contributed by atoms with E-state index in [4.69, 9.17) is 0 Å². The number of fused-ring (bicyclic) bond motifs is 1. The molecule has 0 saturated carbocycles. The maximum atomic E-state index is 10.5. The average Bonchev–Trinajstić information content (AvgIpc) is 3.29. The number of β-amino-alcohol motifs (C(OH)–C–C–N with tert-alkyl or cyclic N) is 1. The zero-order chi connectivity index (χ0) is 15.6. The standard InChI is InChI=1S/C17H19N3OS2/c21-13(12-20-7-2-6-18-20)11-19-8-4-15-14(5-10-23-15)17(19)16-3-1-9-22-16/h1-3,5-7,9-10,13,17,21H,4,8,11-12H2. The third-order valence-electron chi connectivity index (χ3n) is 4.28. The smallest absolute Gasteiger partial charge is 0.0863 e. The highest BCUT2D eigenvalue weighted by Crippen LogP contribution is 2.39. The molecule has 0 radical (unpaired) electrons. The lowest BCUT2D eigenvalue weighted by atomic mass is 9.98. The van der Waals surface area contributed by atoms with Crippen LogP contribution in [0.5, 0.6) is 0 Å². The molecule has 0 saturated heterocycles. The summed E-state index contributed by atoms with van der Waals surface area (Å²) in [5, 5.41) is 19.0. The Balaban J connectivity index is 1.55. The summed E-state index contributed by atoms with van der Waals surface area (Å²) in [6, 6.07) is 8.72. The van der Waals surface area contributed by atoms with Gasteiger partial charge in [-0.05, 0) is 40.9 Å². The van der Waals surface area contributed by atoms with Gasteiger partial charge in [0.1, 0.15) is 0 Å². The molecule has 1 aliphatic heterocycles. The monoisotopic (exact) mass is 345 g/mol. The van der Waals surface area contributed by atoms with Crippen LogP contribution < -0.4 is 0 Å². The molecule has 2 unspecified atom stereocenters. The van der Waals surface area contributed by atoms with Crippen LogP contribution in [0, 0.1) is 0 Å². The van der Waals surface area contributed by atoms with E-state index >= 15 is 0 Å². The normalized spacial score (nSPS) is 19.6. The molecule has 3 aromatic heterocycles. The third kappa shape index (κ3) is 3.12. The Kier molecular flexibility index (Phi) is 4.31. The van der Waals surface area contributed by atoms with E-state index in [1.165, 1.54) is 15.3 Å². The lowest BCUT2D eigenvalue weighted by Gasteiger charge is -2.36. The lowest BCUT2D eigenvalue weighted by molar-refractivity contribution is 0.0787. The van der Waals surface area contributed by atoms with Gasteiger partial charge in [-0.2, -0.15) is 5.10 Å². The molecule has 23 heavy (non-hydrogen) atoms. The van der Waals surface area contributed by atoms with Gasteiger partial charge in [0.15, 0.2) is 0 Å². The van der Waals surface area contributed by atoms with Crippen molar-refractivity contribution < 1.29 is 5.11 Å². The van der Waals surface area contributed by atoms with Gasteiger partial charge in [0.05, 0.1) is 18.7 Å². The SMILES string of the molecule is OC(CN1CCc2sccc2C1c1cccs1)Cn1cccn1. The van der Waals surface area contributed by atoms with E-state index in [0.29, 0.717) is 13.1 Å². The predicted octanol–water partition coefficient (Wildman–Crippen LogP) is 3.01. The van der Waals surface area contributed by atoms with Crippen LogP contribution in [-0.4, -0.2) is 39.0 Å². The van der Waals surface area contributed by atoms with Gasteiger partial charge in [0.25, 0.3) is 0 Å². The minimum Gasteiger partial charge on any atom is -0.390 e. The lowest BCUT2D eigenvalue weighted by Crippen LogP contribution is -2.41. The summed E-state index contributed by atoms with van der Waals surface area (Å²) in [7, 11) is 0. The Morgan fingerprint density at radius 2 is 2.17 bits per heavy atom. The molecule has 4 rings (SSSR count). The summed E-state index contributed by atoms with van der Waals surface area (Å²) >= 11 is 3.65. The Hall–Kier alpha value is -1.47. The Bertz CT molecular complexity index is 736. The topological polar surface area (TPSA) is 41.3 Å². The minimum absolute atomic E-state index is 0.275. The molecule has 1 N–H and O–H groups in total. The first kappa shape index (κ1) is 15.1. The van der Waals surface area contributed by atoms with E-state index in [1.807, 2.05) is 23.6 Å². The Morgan fingerprint density at radius 3 is 2.96 bits per heavy atom. The fourth-order valence-corrected chi connectivity index (χ4v) is 5.08. The van der Waals surface area contributed by atoms with Crippen molar-refractivity contribution in [2.24, 2.45) is 0 Å². The van der Waals surface area contributed by atoms with E-state index < -0.39 is 6.10 Å². The van der Waals surface area contributed by atoms with Crippen molar-refractivity contribution in [2.75, 3.05) is 13.1 Å². The molecule has 0 aliphatic carbocycles. The molecule has 1 aliphatic rings. The molecular weight excluding hydrogens is 326 g/mol. The fourth-order valence-electron chi connectivity index (χ4n) is 3.30. The van der Waals surface area contributed by atoms with Gasteiger partial charge in [0, 0.05) is 35.2 Å². The fraction of sp³-hybridized carbons (Fsp3) is 0.353. The van der Waals surface area contributed by atoms with Gasteiger partial charge in [-0.15, -0.1) is 22.7 Å². The van der Waals surface area contributed by atoms with Crippen LogP contribution in [0.4, 0.5) is 0 Å². The van der Waals surface area contributed by atoms with E-state index in [9.17, 15) is 5.11 Å². The van der Waals surface area contributed by atoms with Crippen molar-refractivity contribution in [3.8, 4) is 0 Å². The number of nitrogens with zero attached hydrogens (tertiary/aromatic N) is 3. The van der Waals surface area contributed by atoms with Crippen LogP contribution in [0.1, 0.15) is 21.4 Å². The molecule has 0 fully saturated rings. The van der Waals surface area contributed by atoms with Gasteiger partial charge in [-0.25, -0.2) is 0 Å². The summed E-state index contributed by atoms with van der Waals surface area (Å²) in [5.74, 6) is 0. The molecule has 0 spiro atoms. The molecule has 0 aromatic carbocycles. The molecular formula is C17H19N3OS2. The second-order valence-corrected chi connectivity index (χ2v) is 7.82. The molecule has 6 heteroatoms. The van der Waals surface area contributed by atoms with Crippen LogP contribution >= 0.6 is 22.7 Å². The zero-order valence-electron chi connectivity index (χ0n) is 12.7. The van der Waals surface area contributed by atoms with Gasteiger partial charge in [-0.3, -0.25) is 9.58 Å². The van der Waals surface area contributed by atoms with Crippen LogP contribution in [0.15, 0.2) is 47.4 Å². The molecule has 0 amide bonds. The second-order valence-electron chi connectivity index (χ2n) is 5.84. The number of aliphatic hydroxyl groups excluding tert-OH is 1. The summed E-state index contributed by atoms with van der Waals surface area (Å²) in [4.78, 5) is 5.26. The highest BCUT2D eigenvalue weighted by atomic mass is 32.1. The first-order valence-electron chi connectivity index (χ1n) is 7.80. The van der Waals surface area contributed by atoms with Crippen molar-refractivity contribution in [3.63, 3.8) is 0 Å². The van der Waals surface area contributed by atoms with Gasteiger partial charge >= 0.3 is 0 Å². The van der Waals surface area contributed by atoms with Crippen molar-refractivity contribution in [3.05, 3.63) is 62.7 Å². The number of thiophene rings is 2. The zero-order valence-corrected chi connectivity index (χ0v) is 14.3. The van der Waals surface area contributed by atoms with E-state index in [-0.39, 0.29) is 6.04 Å². The number of aliphatic hydroxyl groups is 1. The van der Waals surface area contributed by atoms with Crippen LogP contribution in [0.3, 0.4) is 0 Å². The summed E-state index contributed by atoms with van der Waals surface area (Å²) in [5.41, 5.74) is 1.41. The number of aromatic nitrogens is 2. The second kappa shape index (κ2) is 6.57. The number of hydrogen-bond donors (Lipinski definition) is 1. The van der Waals surface area contributed by atoms with E-state index in [1.54, 1.807) is 22.2 Å². The van der Waals surface area contributed by atoms with E-state index in [0.717, 1.165) is 13.0 Å². The quantitative estimate of drug-likeness (QED) is 0.773. The van der Waals surface area contributed by atoms with Crippen molar-refractivity contribution in [1.29, 1.82) is 0 Å². The summed E-state index contributed by atoms with van der Waals surface area (Å²) in [6.45, 7) is 2.20. The maximum absolute atomic E-state index is 10.5. The van der Waals surface area contributed by atoms with Crippen LogP contribution in [-0.2, 0) is 13.0 Å². The summed E-state index contributed by atoms with van der Waals surface area (Å²) in [6.07, 6.45) is 4.30. The van der Waals surface area contributed by atoms with Gasteiger partial charge in [-0.1, -0.05) is 6.07 Å². The Labute approximate surface area is 143 Å². The molecule has 4 nitrogen and oxygen atoms in total. The average molecular weight is 345 g/mol. The number of rotatable bonds is 5. The summed E-state index contributed by atoms with van der Waals surface area (Å²) < 4.78 is 1.80. The molecule has 120 valence electrons. The largest absolute Gasteiger partial charge is 0.390 e. The van der Waals surface area contributed by atoms with Gasteiger partial charge in [0.2, 0.25) is 0 Å². The predicted molar refractivity (Wildman–Crippen MR) is 94.0 cm³/mol. The molecule has 0 bridgehead atoms. The highest BCUT2D eigenvalue weighted by molar-refractivity contribution is 7.10. The van der Waals surface area contributed by atoms with Crippen molar-refractivity contribution in [1.82, 2.24) is 14.7 Å².